The van der Waals surface area contributed by atoms with Gasteiger partial charge in [-0.05, 0) is 13.3 Å². The van der Waals surface area contributed by atoms with E-state index in [1.807, 2.05) is 0 Å². The minimum Gasteiger partial charge on any atom is -0.363 e. The summed E-state index contributed by atoms with van der Waals surface area (Å²) in [6.45, 7) is 4.24. The van der Waals surface area contributed by atoms with Gasteiger partial charge >= 0.3 is 0 Å². The summed E-state index contributed by atoms with van der Waals surface area (Å²) in [7, 11) is 1.81. The Labute approximate surface area is 123 Å². The van der Waals surface area contributed by atoms with Crippen LogP contribution in [0.4, 0.5) is 5.13 Å². The fourth-order valence-electron chi connectivity index (χ4n) is 1.59. The number of amides is 1. The monoisotopic (exact) mass is 302 g/mol. The lowest BCUT2D eigenvalue weighted by Gasteiger charge is -2.12. The van der Waals surface area contributed by atoms with Crippen LogP contribution >= 0.6 is 23.1 Å². The van der Waals surface area contributed by atoms with Gasteiger partial charge in [0, 0.05) is 13.1 Å². The molecule has 1 rings (SSSR count). The number of hydrogen-bond donors (Lipinski definition) is 2. The summed E-state index contributed by atoms with van der Waals surface area (Å²) in [6, 6.07) is 0.252. The normalized spacial score (nSPS) is 12.2. The zero-order valence-electron chi connectivity index (χ0n) is 11.7. The minimum absolute atomic E-state index is 0.0650. The summed E-state index contributed by atoms with van der Waals surface area (Å²) < 4.78 is 0.818. The van der Waals surface area contributed by atoms with E-state index < -0.39 is 0 Å². The highest BCUT2D eigenvalue weighted by molar-refractivity contribution is 8.01. The van der Waals surface area contributed by atoms with Crippen molar-refractivity contribution in [3.8, 4) is 0 Å². The van der Waals surface area contributed by atoms with Gasteiger partial charge in [-0.1, -0.05) is 49.3 Å². The van der Waals surface area contributed by atoms with E-state index in [1.54, 1.807) is 7.05 Å². The van der Waals surface area contributed by atoms with E-state index in [0.29, 0.717) is 5.75 Å². The molecule has 108 valence electrons. The number of aromatic nitrogens is 2. The van der Waals surface area contributed by atoms with Crippen LogP contribution in [0.1, 0.15) is 39.5 Å². The predicted molar refractivity (Wildman–Crippen MR) is 81.9 cm³/mol. The first-order valence-corrected chi connectivity index (χ1v) is 8.39. The van der Waals surface area contributed by atoms with Gasteiger partial charge in [0.15, 0.2) is 4.34 Å². The van der Waals surface area contributed by atoms with Gasteiger partial charge in [-0.25, -0.2) is 0 Å². The Bertz CT molecular complexity index is 384. The molecule has 0 saturated heterocycles. The van der Waals surface area contributed by atoms with Crippen LogP contribution in [0.15, 0.2) is 4.34 Å². The number of nitrogens with zero attached hydrogens (tertiary/aromatic N) is 2. The Balaban J connectivity index is 2.20. The first-order valence-electron chi connectivity index (χ1n) is 6.59. The molecule has 19 heavy (non-hydrogen) atoms. The van der Waals surface area contributed by atoms with Gasteiger partial charge in [-0.3, -0.25) is 4.79 Å². The average Bonchev–Trinajstić information content (AvgIpc) is 2.84. The van der Waals surface area contributed by atoms with Crippen LogP contribution in [-0.2, 0) is 4.79 Å². The third-order valence-corrected chi connectivity index (χ3v) is 4.67. The van der Waals surface area contributed by atoms with Crippen molar-refractivity contribution in [1.82, 2.24) is 15.5 Å². The van der Waals surface area contributed by atoms with E-state index in [1.165, 1.54) is 42.4 Å². The highest BCUT2D eigenvalue weighted by Crippen LogP contribution is 2.24. The van der Waals surface area contributed by atoms with Crippen LogP contribution in [0.3, 0.4) is 0 Å². The topological polar surface area (TPSA) is 66.9 Å². The van der Waals surface area contributed by atoms with Crippen LogP contribution in [0.25, 0.3) is 0 Å². The van der Waals surface area contributed by atoms with Crippen molar-refractivity contribution in [3.63, 3.8) is 0 Å². The first-order chi connectivity index (χ1) is 9.15. The Hall–Kier alpha value is -0.820. The molecule has 0 aliphatic rings. The van der Waals surface area contributed by atoms with Crippen molar-refractivity contribution < 1.29 is 4.79 Å². The van der Waals surface area contributed by atoms with Gasteiger partial charge in [0.2, 0.25) is 11.0 Å². The fourth-order valence-corrected chi connectivity index (χ4v) is 3.10. The maximum Gasteiger partial charge on any atom is 0.230 e. The molecule has 0 aromatic carbocycles. The molecule has 0 bridgehead atoms. The lowest BCUT2D eigenvalue weighted by Crippen LogP contribution is -2.33. The van der Waals surface area contributed by atoms with E-state index in [0.717, 1.165) is 15.9 Å². The van der Waals surface area contributed by atoms with Gasteiger partial charge in [0.1, 0.15) is 0 Å². The largest absolute Gasteiger partial charge is 0.363 e. The van der Waals surface area contributed by atoms with Crippen LogP contribution in [0, 0.1) is 0 Å². The second kappa shape index (κ2) is 9.14. The van der Waals surface area contributed by atoms with Gasteiger partial charge < -0.3 is 10.6 Å². The van der Waals surface area contributed by atoms with Crippen molar-refractivity contribution in [2.75, 3.05) is 18.1 Å². The Kier molecular flexibility index (Phi) is 7.81. The van der Waals surface area contributed by atoms with Crippen molar-refractivity contribution in [2.45, 2.75) is 49.9 Å². The lowest BCUT2D eigenvalue weighted by molar-refractivity contribution is -0.119. The summed E-state index contributed by atoms with van der Waals surface area (Å²) in [5, 5.41) is 14.6. The van der Waals surface area contributed by atoms with Gasteiger partial charge in [0.05, 0.1) is 5.75 Å². The summed E-state index contributed by atoms with van der Waals surface area (Å²) in [5.41, 5.74) is 0. The Morgan fingerprint density at radius 3 is 2.84 bits per heavy atom. The first kappa shape index (κ1) is 16.2. The van der Waals surface area contributed by atoms with E-state index >= 15 is 0 Å². The molecule has 1 aromatic rings. The molecule has 7 heteroatoms. The smallest absolute Gasteiger partial charge is 0.230 e. The van der Waals surface area contributed by atoms with Crippen LogP contribution in [0.2, 0.25) is 0 Å². The predicted octanol–water partition coefficient (Wildman–Crippen LogP) is 2.76. The SMILES string of the molecule is CCCCCC(C)NC(=O)CSc1nnc(NC)s1. The third kappa shape index (κ3) is 6.77. The second-order valence-corrected chi connectivity index (χ2v) is 6.58. The van der Waals surface area contributed by atoms with Gasteiger partial charge in [-0.2, -0.15) is 0 Å². The summed E-state index contributed by atoms with van der Waals surface area (Å²) >= 11 is 2.89. The molecule has 0 fully saturated rings. The number of carbonyl (C=O) groups is 1. The molecular weight excluding hydrogens is 280 g/mol. The fraction of sp³-hybridized carbons (Fsp3) is 0.750. The lowest BCUT2D eigenvalue weighted by atomic mass is 10.1. The standard InChI is InChI=1S/C12H22N4OS2/c1-4-5-6-7-9(2)14-10(17)8-18-12-16-15-11(13-3)19-12/h9H,4-8H2,1-3H3,(H,13,15)(H,14,17). The highest BCUT2D eigenvalue weighted by Gasteiger charge is 2.10. The van der Waals surface area contributed by atoms with E-state index in [4.69, 9.17) is 0 Å². The minimum atomic E-state index is 0.0650. The van der Waals surface area contributed by atoms with Crippen LogP contribution in [0.5, 0.6) is 0 Å². The number of rotatable bonds is 9. The van der Waals surface area contributed by atoms with Gasteiger partial charge in [0.25, 0.3) is 0 Å². The Morgan fingerprint density at radius 1 is 1.42 bits per heavy atom. The van der Waals surface area contributed by atoms with E-state index in [9.17, 15) is 4.79 Å². The number of unbranched alkanes of at least 4 members (excludes halogenated alkanes) is 2. The molecule has 1 amide bonds. The molecular formula is C12H22N4OS2. The number of anilines is 1. The molecule has 0 radical (unpaired) electrons. The molecule has 0 aliphatic carbocycles. The molecule has 1 unspecified atom stereocenters. The molecule has 0 spiro atoms. The third-order valence-electron chi connectivity index (χ3n) is 2.60. The number of hydrogen-bond acceptors (Lipinski definition) is 6. The highest BCUT2D eigenvalue weighted by atomic mass is 32.2. The zero-order valence-corrected chi connectivity index (χ0v) is 13.4. The summed E-state index contributed by atoms with van der Waals surface area (Å²) in [4.78, 5) is 11.7. The maximum absolute atomic E-state index is 11.7. The molecule has 1 heterocycles. The molecule has 0 aliphatic heterocycles. The number of carbonyl (C=O) groups excluding carboxylic acids is 1. The number of nitrogens with one attached hydrogen (secondary N) is 2. The van der Waals surface area contributed by atoms with Gasteiger partial charge in [-0.15, -0.1) is 10.2 Å². The summed E-state index contributed by atoms with van der Waals surface area (Å²) in [5.74, 6) is 0.464. The van der Waals surface area contributed by atoms with Crippen molar-refractivity contribution >= 4 is 34.1 Å². The molecule has 5 nitrogen and oxygen atoms in total. The zero-order chi connectivity index (χ0) is 14.1. The molecule has 1 aromatic heterocycles. The average molecular weight is 302 g/mol. The Morgan fingerprint density at radius 2 is 2.21 bits per heavy atom. The molecule has 0 saturated carbocycles. The second-order valence-electron chi connectivity index (χ2n) is 4.38. The van der Waals surface area contributed by atoms with E-state index in [-0.39, 0.29) is 11.9 Å². The van der Waals surface area contributed by atoms with Crippen molar-refractivity contribution in [2.24, 2.45) is 0 Å². The summed E-state index contributed by atoms with van der Waals surface area (Å²) in [6.07, 6.45) is 4.66. The number of thioether (sulfide) groups is 1. The van der Waals surface area contributed by atoms with Crippen LogP contribution in [-0.4, -0.2) is 34.9 Å². The van der Waals surface area contributed by atoms with E-state index in [2.05, 4.69) is 34.7 Å². The molecule has 1 atom stereocenters. The maximum atomic E-state index is 11.7. The quantitative estimate of drug-likeness (QED) is 0.542. The van der Waals surface area contributed by atoms with Crippen molar-refractivity contribution in [3.05, 3.63) is 0 Å². The van der Waals surface area contributed by atoms with Crippen molar-refractivity contribution in [1.29, 1.82) is 0 Å². The van der Waals surface area contributed by atoms with Crippen LogP contribution < -0.4 is 10.6 Å². The molecule has 2 N–H and O–H groups in total.